The van der Waals surface area contributed by atoms with Crippen LogP contribution in [0.15, 0.2) is 24.3 Å². The summed E-state index contributed by atoms with van der Waals surface area (Å²) >= 11 is 0. The van der Waals surface area contributed by atoms with Gasteiger partial charge in [-0.25, -0.2) is 0 Å². The van der Waals surface area contributed by atoms with Crippen LogP contribution in [0.3, 0.4) is 0 Å². The predicted molar refractivity (Wildman–Crippen MR) is 98.1 cm³/mol. The van der Waals surface area contributed by atoms with E-state index in [1.165, 1.54) is 0 Å². The third kappa shape index (κ3) is 4.86. The van der Waals surface area contributed by atoms with Crippen LogP contribution in [0.25, 0.3) is 0 Å². The molecule has 0 spiro atoms. The van der Waals surface area contributed by atoms with Crippen molar-refractivity contribution in [2.24, 2.45) is 0 Å². The van der Waals surface area contributed by atoms with E-state index < -0.39 is 0 Å². The van der Waals surface area contributed by atoms with Crippen LogP contribution < -0.4 is 10.1 Å². The summed E-state index contributed by atoms with van der Waals surface area (Å²) in [5, 5.41) is 3.25. The zero-order valence-electron chi connectivity index (χ0n) is 14.6. The molecule has 0 bridgehead atoms. The summed E-state index contributed by atoms with van der Waals surface area (Å²) in [5.41, 5.74) is 0.952. The summed E-state index contributed by atoms with van der Waals surface area (Å²) < 4.78 is 5.20. The number of carbonyl (C=O) groups is 2. The average Bonchev–Trinajstić information content (AvgIpc) is 3.16. The van der Waals surface area contributed by atoms with Gasteiger partial charge in [0.25, 0.3) is 0 Å². The molecule has 7 heteroatoms. The molecule has 1 unspecified atom stereocenters. The number of methoxy groups -OCH3 is 1. The van der Waals surface area contributed by atoms with Crippen LogP contribution in [0.4, 0.5) is 0 Å². The van der Waals surface area contributed by atoms with Gasteiger partial charge in [-0.3, -0.25) is 9.59 Å². The van der Waals surface area contributed by atoms with Gasteiger partial charge in [0.2, 0.25) is 11.8 Å². The minimum atomic E-state index is -0.0240. The van der Waals surface area contributed by atoms with Crippen molar-refractivity contribution in [1.82, 2.24) is 15.1 Å². The van der Waals surface area contributed by atoms with Crippen molar-refractivity contribution >= 4 is 24.2 Å². The molecular weight excluding hydrogens is 342 g/mol. The fourth-order valence-electron chi connectivity index (χ4n) is 3.36. The SMILES string of the molecule is COc1cccc(CC(=O)N2CCN(C(=O)C3CCCN3)CC2)c1.Cl. The first-order valence-electron chi connectivity index (χ1n) is 8.60. The highest BCUT2D eigenvalue weighted by molar-refractivity contribution is 5.85. The summed E-state index contributed by atoms with van der Waals surface area (Å²) in [6.45, 7) is 3.40. The van der Waals surface area contributed by atoms with E-state index in [9.17, 15) is 9.59 Å². The molecule has 25 heavy (non-hydrogen) atoms. The van der Waals surface area contributed by atoms with Crippen molar-refractivity contribution in [3.63, 3.8) is 0 Å². The largest absolute Gasteiger partial charge is 0.497 e. The van der Waals surface area contributed by atoms with Gasteiger partial charge in [0, 0.05) is 26.2 Å². The summed E-state index contributed by atoms with van der Waals surface area (Å²) in [6, 6.07) is 7.57. The van der Waals surface area contributed by atoms with E-state index in [0.717, 1.165) is 30.7 Å². The van der Waals surface area contributed by atoms with Crippen LogP contribution in [0.5, 0.6) is 5.75 Å². The molecule has 1 N–H and O–H groups in total. The summed E-state index contributed by atoms with van der Waals surface area (Å²) in [6.07, 6.45) is 2.36. The Kier molecular flexibility index (Phi) is 7.08. The smallest absolute Gasteiger partial charge is 0.239 e. The van der Waals surface area contributed by atoms with E-state index in [1.807, 2.05) is 34.1 Å². The van der Waals surface area contributed by atoms with Crippen LogP contribution in [-0.4, -0.2) is 67.5 Å². The molecule has 2 heterocycles. The Hall–Kier alpha value is -1.79. The molecule has 1 aromatic carbocycles. The zero-order valence-corrected chi connectivity index (χ0v) is 15.4. The number of nitrogens with zero attached hydrogens (tertiary/aromatic N) is 2. The number of carbonyl (C=O) groups excluding carboxylic acids is 2. The maximum absolute atomic E-state index is 12.5. The highest BCUT2D eigenvalue weighted by Crippen LogP contribution is 2.15. The molecule has 0 radical (unpaired) electrons. The molecule has 0 aliphatic carbocycles. The van der Waals surface area contributed by atoms with Gasteiger partial charge >= 0.3 is 0 Å². The Morgan fingerprint density at radius 3 is 2.56 bits per heavy atom. The van der Waals surface area contributed by atoms with Gasteiger partial charge < -0.3 is 19.9 Å². The highest BCUT2D eigenvalue weighted by Gasteiger charge is 2.30. The summed E-state index contributed by atoms with van der Waals surface area (Å²) in [7, 11) is 1.62. The lowest BCUT2D eigenvalue weighted by Gasteiger charge is -2.36. The minimum Gasteiger partial charge on any atom is -0.497 e. The summed E-state index contributed by atoms with van der Waals surface area (Å²) in [5.74, 6) is 1.06. The van der Waals surface area contributed by atoms with E-state index in [0.29, 0.717) is 32.6 Å². The Morgan fingerprint density at radius 2 is 1.92 bits per heavy atom. The van der Waals surface area contributed by atoms with Gasteiger partial charge in [-0.2, -0.15) is 0 Å². The Balaban J connectivity index is 0.00000225. The molecule has 1 atom stereocenters. The van der Waals surface area contributed by atoms with Crippen LogP contribution in [0.1, 0.15) is 18.4 Å². The standard InChI is InChI=1S/C18H25N3O3.ClH/c1-24-15-5-2-4-14(12-15)13-17(22)20-8-10-21(11-9-20)18(23)16-6-3-7-19-16;/h2,4-5,12,16,19H,3,6-11,13H2,1H3;1H. The minimum absolute atomic E-state index is 0. The average molecular weight is 368 g/mol. The van der Waals surface area contributed by atoms with Crippen molar-refractivity contribution in [2.45, 2.75) is 25.3 Å². The lowest BCUT2D eigenvalue weighted by molar-refractivity contribution is -0.140. The van der Waals surface area contributed by atoms with Crippen molar-refractivity contribution in [1.29, 1.82) is 0 Å². The molecular formula is C18H26ClN3O3. The second kappa shape index (κ2) is 9.06. The van der Waals surface area contributed by atoms with E-state index in [1.54, 1.807) is 7.11 Å². The number of ether oxygens (including phenoxy) is 1. The molecule has 2 saturated heterocycles. The monoisotopic (exact) mass is 367 g/mol. The Bertz CT molecular complexity index is 597. The lowest BCUT2D eigenvalue weighted by atomic mass is 10.1. The maximum Gasteiger partial charge on any atom is 0.239 e. The van der Waals surface area contributed by atoms with Crippen LogP contribution >= 0.6 is 12.4 Å². The Morgan fingerprint density at radius 1 is 1.20 bits per heavy atom. The molecule has 2 fully saturated rings. The number of amides is 2. The number of hydrogen-bond acceptors (Lipinski definition) is 4. The number of nitrogens with one attached hydrogen (secondary N) is 1. The highest BCUT2D eigenvalue weighted by atomic mass is 35.5. The van der Waals surface area contributed by atoms with Crippen molar-refractivity contribution in [2.75, 3.05) is 39.8 Å². The summed E-state index contributed by atoms with van der Waals surface area (Å²) in [4.78, 5) is 28.6. The van der Waals surface area contributed by atoms with E-state index in [2.05, 4.69) is 5.32 Å². The zero-order chi connectivity index (χ0) is 16.9. The molecule has 3 rings (SSSR count). The molecule has 2 aliphatic rings. The molecule has 138 valence electrons. The molecule has 2 amide bonds. The van der Waals surface area contributed by atoms with Crippen molar-refractivity contribution in [3.05, 3.63) is 29.8 Å². The quantitative estimate of drug-likeness (QED) is 0.865. The first-order chi connectivity index (χ1) is 11.7. The number of rotatable bonds is 4. The topological polar surface area (TPSA) is 61.9 Å². The van der Waals surface area contributed by atoms with Crippen LogP contribution in [0.2, 0.25) is 0 Å². The first kappa shape index (κ1) is 19.5. The van der Waals surface area contributed by atoms with Crippen LogP contribution in [-0.2, 0) is 16.0 Å². The van der Waals surface area contributed by atoms with E-state index in [4.69, 9.17) is 4.74 Å². The Labute approximate surface area is 154 Å². The molecule has 0 aromatic heterocycles. The molecule has 1 aromatic rings. The number of benzene rings is 1. The van der Waals surface area contributed by atoms with Gasteiger partial charge in [0.1, 0.15) is 5.75 Å². The normalized spacial score (nSPS) is 20.1. The predicted octanol–water partition coefficient (Wildman–Crippen LogP) is 1.08. The van der Waals surface area contributed by atoms with Gasteiger partial charge in [-0.05, 0) is 37.1 Å². The van der Waals surface area contributed by atoms with Gasteiger partial charge in [-0.15, -0.1) is 12.4 Å². The van der Waals surface area contributed by atoms with Crippen molar-refractivity contribution < 1.29 is 14.3 Å². The molecule has 6 nitrogen and oxygen atoms in total. The molecule has 2 aliphatic heterocycles. The number of piperazine rings is 1. The fourth-order valence-corrected chi connectivity index (χ4v) is 3.36. The number of halogens is 1. The third-order valence-corrected chi connectivity index (χ3v) is 4.79. The maximum atomic E-state index is 12.5. The van der Waals surface area contributed by atoms with Crippen LogP contribution in [0, 0.1) is 0 Å². The van der Waals surface area contributed by atoms with Crippen molar-refractivity contribution in [3.8, 4) is 5.75 Å². The van der Waals surface area contributed by atoms with Gasteiger partial charge in [0.05, 0.1) is 19.6 Å². The fraction of sp³-hybridized carbons (Fsp3) is 0.556. The van der Waals surface area contributed by atoms with Gasteiger partial charge in [-0.1, -0.05) is 12.1 Å². The lowest BCUT2D eigenvalue weighted by Crippen LogP contribution is -2.54. The van der Waals surface area contributed by atoms with E-state index >= 15 is 0 Å². The second-order valence-corrected chi connectivity index (χ2v) is 6.38. The van der Waals surface area contributed by atoms with E-state index in [-0.39, 0.29) is 30.3 Å². The van der Waals surface area contributed by atoms with Gasteiger partial charge in [0.15, 0.2) is 0 Å². The number of hydrogen-bond donors (Lipinski definition) is 1. The first-order valence-corrected chi connectivity index (χ1v) is 8.60. The second-order valence-electron chi connectivity index (χ2n) is 6.38. The molecule has 0 saturated carbocycles. The third-order valence-electron chi connectivity index (χ3n) is 4.79.